The van der Waals surface area contributed by atoms with E-state index in [4.69, 9.17) is 5.11 Å². The third-order valence-corrected chi connectivity index (χ3v) is 1.82. The summed E-state index contributed by atoms with van der Waals surface area (Å²) >= 11 is 0. The molecule has 0 aliphatic rings. The number of carboxylic acids is 1. The zero-order chi connectivity index (χ0) is 11.4. The first-order valence-corrected chi connectivity index (χ1v) is 4.81. The Labute approximate surface area is 88.6 Å². The number of nitrogens with zero attached hydrogens (tertiary/aromatic N) is 2. The SMILES string of the molecule is Cc1ncc(C(=O)O)c(NCC(C)C)n1. The average molecular weight is 209 g/mol. The number of rotatable bonds is 4. The molecule has 0 fully saturated rings. The zero-order valence-electron chi connectivity index (χ0n) is 9.11. The van der Waals surface area contributed by atoms with Crippen LogP contribution in [0.5, 0.6) is 0 Å². The average Bonchev–Trinajstić information content (AvgIpc) is 2.14. The van der Waals surface area contributed by atoms with Crippen molar-refractivity contribution >= 4 is 11.8 Å². The van der Waals surface area contributed by atoms with Crippen LogP contribution < -0.4 is 5.32 Å². The lowest BCUT2D eigenvalue weighted by molar-refractivity contribution is 0.0697. The quantitative estimate of drug-likeness (QED) is 0.786. The van der Waals surface area contributed by atoms with Crippen LogP contribution in [-0.2, 0) is 0 Å². The second kappa shape index (κ2) is 4.72. The summed E-state index contributed by atoms with van der Waals surface area (Å²) in [7, 11) is 0. The number of aromatic nitrogens is 2. The Morgan fingerprint density at radius 1 is 1.60 bits per heavy atom. The van der Waals surface area contributed by atoms with Gasteiger partial charge in [0.2, 0.25) is 0 Å². The molecule has 5 heteroatoms. The molecule has 1 aromatic rings. The van der Waals surface area contributed by atoms with Gasteiger partial charge in [0.25, 0.3) is 0 Å². The van der Waals surface area contributed by atoms with Crippen LogP contribution in [0, 0.1) is 12.8 Å². The van der Waals surface area contributed by atoms with E-state index in [9.17, 15) is 4.79 Å². The molecule has 0 unspecified atom stereocenters. The lowest BCUT2D eigenvalue weighted by Crippen LogP contribution is -2.14. The number of hydrogen-bond acceptors (Lipinski definition) is 4. The van der Waals surface area contributed by atoms with Gasteiger partial charge in [0.1, 0.15) is 17.2 Å². The first-order chi connectivity index (χ1) is 7.00. The molecule has 0 atom stereocenters. The zero-order valence-corrected chi connectivity index (χ0v) is 9.11. The van der Waals surface area contributed by atoms with Gasteiger partial charge in [-0.05, 0) is 12.8 Å². The Morgan fingerprint density at radius 3 is 2.80 bits per heavy atom. The Bertz CT molecular complexity index is 364. The first kappa shape index (κ1) is 11.4. The van der Waals surface area contributed by atoms with Gasteiger partial charge in [0.05, 0.1) is 0 Å². The van der Waals surface area contributed by atoms with Gasteiger partial charge in [-0.1, -0.05) is 13.8 Å². The van der Waals surface area contributed by atoms with E-state index in [2.05, 4.69) is 15.3 Å². The Balaban J connectivity index is 2.92. The van der Waals surface area contributed by atoms with Crippen molar-refractivity contribution in [2.24, 2.45) is 5.92 Å². The van der Waals surface area contributed by atoms with Crippen LogP contribution in [0.3, 0.4) is 0 Å². The molecule has 2 N–H and O–H groups in total. The predicted octanol–water partition coefficient (Wildman–Crippen LogP) is 1.55. The van der Waals surface area contributed by atoms with Crippen molar-refractivity contribution in [3.05, 3.63) is 17.6 Å². The molecule has 0 aromatic carbocycles. The summed E-state index contributed by atoms with van der Waals surface area (Å²) in [5.41, 5.74) is 0.112. The second-order valence-corrected chi connectivity index (χ2v) is 3.76. The number of nitrogens with one attached hydrogen (secondary N) is 1. The minimum atomic E-state index is -1.01. The van der Waals surface area contributed by atoms with Crippen LogP contribution in [0.1, 0.15) is 30.0 Å². The maximum Gasteiger partial charge on any atom is 0.341 e. The van der Waals surface area contributed by atoms with E-state index in [0.717, 1.165) is 0 Å². The van der Waals surface area contributed by atoms with Gasteiger partial charge in [-0.3, -0.25) is 0 Å². The van der Waals surface area contributed by atoms with Crippen molar-refractivity contribution in [1.82, 2.24) is 9.97 Å². The molecule has 15 heavy (non-hydrogen) atoms. The van der Waals surface area contributed by atoms with E-state index in [1.54, 1.807) is 6.92 Å². The molecule has 0 aliphatic heterocycles. The minimum absolute atomic E-state index is 0.112. The van der Waals surface area contributed by atoms with E-state index in [1.165, 1.54) is 6.20 Å². The minimum Gasteiger partial charge on any atom is -0.477 e. The Hall–Kier alpha value is -1.65. The summed E-state index contributed by atoms with van der Waals surface area (Å²) in [6.07, 6.45) is 1.33. The highest BCUT2D eigenvalue weighted by Crippen LogP contribution is 2.11. The van der Waals surface area contributed by atoms with Crippen LogP contribution in [0.25, 0.3) is 0 Å². The fourth-order valence-electron chi connectivity index (χ4n) is 1.06. The van der Waals surface area contributed by atoms with Crippen molar-refractivity contribution in [2.75, 3.05) is 11.9 Å². The van der Waals surface area contributed by atoms with Crippen molar-refractivity contribution in [3.63, 3.8) is 0 Å². The van der Waals surface area contributed by atoms with E-state index in [1.807, 2.05) is 13.8 Å². The molecule has 1 heterocycles. The topological polar surface area (TPSA) is 75.1 Å². The van der Waals surface area contributed by atoms with E-state index in [-0.39, 0.29) is 5.56 Å². The summed E-state index contributed by atoms with van der Waals surface area (Å²) in [6.45, 7) is 6.51. The number of anilines is 1. The fourth-order valence-corrected chi connectivity index (χ4v) is 1.06. The standard InChI is InChI=1S/C10H15N3O2/c1-6(2)4-12-9-8(10(14)15)5-11-7(3)13-9/h5-6H,4H2,1-3H3,(H,14,15)(H,11,12,13). The molecule has 0 amide bonds. The normalized spacial score (nSPS) is 10.4. The number of carbonyl (C=O) groups is 1. The second-order valence-electron chi connectivity index (χ2n) is 3.76. The molecule has 1 aromatic heterocycles. The van der Waals surface area contributed by atoms with Crippen LogP contribution in [-0.4, -0.2) is 27.6 Å². The van der Waals surface area contributed by atoms with Crippen LogP contribution in [0.4, 0.5) is 5.82 Å². The molecule has 1 rings (SSSR count). The summed E-state index contributed by atoms with van der Waals surface area (Å²) in [6, 6.07) is 0. The third kappa shape index (κ3) is 3.19. The molecule has 5 nitrogen and oxygen atoms in total. The smallest absolute Gasteiger partial charge is 0.341 e. The summed E-state index contributed by atoms with van der Waals surface area (Å²) < 4.78 is 0. The van der Waals surface area contributed by atoms with Gasteiger partial charge >= 0.3 is 5.97 Å². The van der Waals surface area contributed by atoms with Crippen LogP contribution >= 0.6 is 0 Å². The molecular weight excluding hydrogens is 194 g/mol. The van der Waals surface area contributed by atoms with Gasteiger partial charge in [-0.2, -0.15) is 0 Å². The first-order valence-electron chi connectivity index (χ1n) is 4.81. The van der Waals surface area contributed by atoms with Crippen molar-refractivity contribution in [2.45, 2.75) is 20.8 Å². The highest BCUT2D eigenvalue weighted by molar-refractivity contribution is 5.92. The largest absolute Gasteiger partial charge is 0.477 e. The fraction of sp³-hybridized carbons (Fsp3) is 0.500. The molecule has 0 spiro atoms. The lowest BCUT2D eigenvalue weighted by atomic mass is 10.2. The van der Waals surface area contributed by atoms with E-state index >= 15 is 0 Å². The molecular formula is C10H15N3O2. The van der Waals surface area contributed by atoms with Crippen molar-refractivity contribution in [3.8, 4) is 0 Å². The van der Waals surface area contributed by atoms with Crippen LogP contribution in [0.2, 0.25) is 0 Å². The highest BCUT2D eigenvalue weighted by atomic mass is 16.4. The van der Waals surface area contributed by atoms with Crippen molar-refractivity contribution < 1.29 is 9.90 Å². The number of aromatic carboxylic acids is 1. The maximum absolute atomic E-state index is 10.9. The summed E-state index contributed by atoms with van der Waals surface area (Å²) in [5.74, 6) is 0.373. The molecule has 0 saturated carbocycles. The lowest BCUT2D eigenvalue weighted by Gasteiger charge is -2.10. The third-order valence-electron chi connectivity index (χ3n) is 1.82. The number of hydrogen-bond donors (Lipinski definition) is 2. The van der Waals surface area contributed by atoms with E-state index in [0.29, 0.717) is 24.1 Å². The van der Waals surface area contributed by atoms with Crippen molar-refractivity contribution in [1.29, 1.82) is 0 Å². The van der Waals surface area contributed by atoms with E-state index < -0.39 is 5.97 Å². The van der Waals surface area contributed by atoms with Crippen LogP contribution in [0.15, 0.2) is 6.20 Å². The summed E-state index contributed by atoms with van der Waals surface area (Å²) in [5, 5.41) is 11.9. The highest BCUT2D eigenvalue weighted by Gasteiger charge is 2.12. The van der Waals surface area contributed by atoms with Gasteiger partial charge in [0.15, 0.2) is 0 Å². The molecule has 0 radical (unpaired) electrons. The Morgan fingerprint density at radius 2 is 2.27 bits per heavy atom. The molecule has 0 aliphatic carbocycles. The van der Waals surface area contributed by atoms with Gasteiger partial charge in [-0.25, -0.2) is 14.8 Å². The number of carboxylic acid groups (broad SMARTS) is 1. The summed E-state index contributed by atoms with van der Waals surface area (Å²) in [4.78, 5) is 18.8. The van der Waals surface area contributed by atoms with Gasteiger partial charge in [-0.15, -0.1) is 0 Å². The molecule has 0 saturated heterocycles. The molecule has 82 valence electrons. The maximum atomic E-state index is 10.9. The molecule has 0 bridgehead atoms. The monoisotopic (exact) mass is 209 g/mol. The predicted molar refractivity (Wildman–Crippen MR) is 57.1 cm³/mol. The van der Waals surface area contributed by atoms with Gasteiger partial charge < -0.3 is 10.4 Å². The number of aryl methyl sites for hydroxylation is 1. The Kier molecular flexibility index (Phi) is 3.60. The van der Waals surface area contributed by atoms with Gasteiger partial charge in [0, 0.05) is 12.7 Å².